The molecule has 12 heavy (non-hydrogen) atoms. The van der Waals surface area contributed by atoms with Crippen molar-refractivity contribution in [1.82, 2.24) is 0 Å². The van der Waals surface area contributed by atoms with E-state index in [4.69, 9.17) is 0 Å². The quantitative estimate of drug-likeness (QED) is 0.548. The fourth-order valence-electron chi connectivity index (χ4n) is 0.948. The predicted octanol–water partition coefficient (Wildman–Crippen LogP) is 4.11. The third-order valence-corrected chi connectivity index (χ3v) is 1.69. The van der Waals surface area contributed by atoms with Crippen LogP contribution in [0.15, 0.2) is 36.0 Å². The van der Waals surface area contributed by atoms with Crippen LogP contribution in [-0.2, 0) is 0 Å². The van der Waals surface area contributed by atoms with Gasteiger partial charge in [0.25, 0.3) is 0 Å². The molecule has 0 aliphatic carbocycles. The molecule has 0 aliphatic heterocycles. The molecule has 0 N–H and O–H groups in total. The highest BCUT2D eigenvalue weighted by atomic mass is 14.0. The van der Waals surface area contributed by atoms with Crippen LogP contribution in [0.1, 0.15) is 34.1 Å². The second-order valence-electron chi connectivity index (χ2n) is 3.16. The molecule has 0 heteroatoms. The topological polar surface area (TPSA) is 0 Å². The van der Waals surface area contributed by atoms with Crippen molar-refractivity contribution < 1.29 is 0 Å². The molecule has 0 spiro atoms. The fraction of sp³-hybridized carbons (Fsp3) is 0.500. The first-order valence-electron chi connectivity index (χ1n) is 4.71. The van der Waals surface area contributed by atoms with Gasteiger partial charge in [-0.2, -0.15) is 0 Å². The highest BCUT2D eigenvalue weighted by Gasteiger charge is 1.95. The monoisotopic (exact) mass is 164 g/mol. The van der Waals surface area contributed by atoms with Crippen molar-refractivity contribution in [3.63, 3.8) is 0 Å². The predicted molar refractivity (Wildman–Crippen MR) is 57.2 cm³/mol. The Morgan fingerprint density at radius 2 is 2.00 bits per heavy atom. The van der Waals surface area contributed by atoms with Gasteiger partial charge in [-0.15, -0.1) is 0 Å². The second-order valence-corrected chi connectivity index (χ2v) is 3.16. The van der Waals surface area contributed by atoms with E-state index in [0.29, 0.717) is 5.92 Å². The highest BCUT2D eigenvalue weighted by molar-refractivity contribution is 5.24. The normalized spacial score (nSPS) is 13.9. The van der Waals surface area contributed by atoms with Crippen LogP contribution in [0, 0.1) is 5.92 Å². The molecule has 0 aromatic rings. The summed E-state index contributed by atoms with van der Waals surface area (Å²) in [4.78, 5) is 0. The lowest BCUT2D eigenvalue weighted by Crippen LogP contribution is -1.88. The molecule has 0 bridgehead atoms. The third-order valence-electron chi connectivity index (χ3n) is 1.69. The Bertz CT molecular complexity index is 180. The minimum atomic E-state index is 0.614. The van der Waals surface area contributed by atoms with Crippen molar-refractivity contribution in [2.45, 2.75) is 34.1 Å². The maximum atomic E-state index is 2.21. The smallest absolute Gasteiger partial charge is 0.0219 e. The molecule has 0 amide bonds. The SMILES string of the molecule is C\C=C/C(=C\C=C\CC)C(C)C. The molecule has 0 aromatic carbocycles. The van der Waals surface area contributed by atoms with Gasteiger partial charge in [0.1, 0.15) is 0 Å². The molecule has 0 aliphatic rings. The standard InChI is InChI=1S/C12H20/c1-5-7-8-10-12(9-6-2)11(3)4/h6-11H,5H2,1-4H3/b8-7+,9-6-,12-10+. The molecule has 0 nitrogen and oxygen atoms in total. The molecule has 0 rings (SSSR count). The Hall–Kier alpha value is -0.780. The minimum Gasteiger partial charge on any atom is -0.0874 e. The Morgan fingerprint density at radius 1 is 1.33 bits per heavy atom. The Morgan fingerprint density at radius 3 is 2.42 bits per heavy atom. The zero-order chi connectivity index (χ0) is 9.40. The molecule has 0 saturated heterocycles. The Kier molecular flexibility index (Phi) is 6.45. The molecule has 0 unspecified atom stereocenters. The van der Waals surface area contributed by atoms with Gasteiger partial charge in [-0.3, -0.25) is 0 Å². The van der Waals surface area contributed by atoms with E-state index in [-0.39, 0.29) is 0 Å². The summed E-state index contributed by atoms with van der Waals surface area (Å²) in [5.74, 6) is 0.614. The maximum absolute atomic E-state index is 2.21. The van der Waals surface area contributed by atoms with Crippen molar-refractivity contribution in [1.29, 1.82) is 0 Å². The fourth-order valence-corrected chi connectivity index (χ4v) is 0.948. The van der Waals surface area contributed by atoms with Crippen molar-refractivity contribution >= 4 is 0 Å². The molecular weight excluding hydrogens is 144 g/mol. The average molecular weight is 164 g/mol. The zero-order valence-electron chi connectivity index (χ0n) is 8.67. The molecule has 0 saturated carbocycles. The van der Waals surface area contributed by atoms with Crippen LogP contribution in [0.25, 0.3) is 0 Å². The first-order chi connectivity index (χ1) is 5.72. The van der Waals surface area contributed by atoms with E-state index in [1.54, 1.807) is 0 Å². The summed E-state index contributed by atoms with van der Waals surface area (Å²) >= 11 is 0. The van der Waals surface area contributed by atoms with E-state index >= 15 is 0 Å². The summed E-state index contributed by atoms with van der Waals surface area (Å²) < 4.78 is 0. The van der Waals surface area contributed by atoms with Gasteiger partial charge >= 0.3 is 0 Å². The van der Waals surface area contributed by atoms with E-state index in [0.717, 1.165) is 6.42 Å². The molecule has 0 radical (unpaired) electrons. The van der Waals surface area contributed by atoms with Crippen LogP contribution in [0.3, 0.4) is 0 Å². The van der Waals surface area contributed by atoms with Gasteiger partial charge in [-0.25, -0.2) is 0 Å². The van der Waals surface area contributed by atoms with Gasteiger partial charge in [-0.05, 0) is 24.8 Å². The molecule has 0 fully saturated rings. The molecule has 0 heterocycles. The minimum absolute atomic E-state index is 0.614. The molecule has 0 atom stereocenters. The molecule has 68 valence electrons. The van der Waals surface area contributed by atoms with Gasteiger partial charge in [-0.1, -0.05) is 51.2 Å². The van der Waals surface area contributed by atoms with Crippen LogP contribution in [0.2, 0.25) is 0 Å². The van der Waals surface area contributed by atoms with E-state index < -0.39 is 0 Å². The first kappa shape index (κ1) is 11.2. The van der Waals surface area contributed by atoms with E-state index in [9.17, 15) is 0 Å². The van der Waals surface area contributed by atoms with Crippen molar-refractivity contribution in [2.75, 3.05) is 0 Å². The molecular formula is C12H20. The van der Waals surface area contributed by atoms with Gasteiger partial charge in [0.2, 0.25) is 0 Å². The van der Waals surface area contributed by atoms with Crippen LogP contribution < -0.4 is 0 Å². The van der Waals surface area contributed by atoms with Crippen LogP contribution in [-0.4, -0.2) is 0 Å². The number of rotatable bonds is 4. The number of allylic oxidation sites excluding steroid dienone is 6. The lowest BCUT2D eigenvalue weighted by atomic mass is 10.0. The Balaban J connectivity index is 4.28. The van der Waals surface area contributed by atoms with Gasteiger partial charge in [0, 0.05) is 0 Å². The van der Waals surface area contributed by atoms with Crippen LogP contribution >= 0.6 is 0 Å². The second kappa shape index (κ2) is 6.90. The summed E-state index contributed by atoms with van der Waals surface area (Å²) in [5.41, 5.74) is 1.39. The summed E-state index contributed by atoms with van der Waals surface area (Å²) in [6, 6.07) is 0. The van der Waals surface area contributed by atoms with Gasteiger partial charge in [0.05, 0.1) is 0 Å². The molecule has 0 aromatic heterocycles. The third kappa shape index (κ3) is 4.95. The van der Waals surface area contributed by atoms with Crippen LogP contribution in [0.5, 0.6) is 0 Å². The van der Waals surface area contributed by atoms with Gasteiger partial charge < -0.3 is 0 Å². The largest absolute Gasteiger partial charge is 0.0874 e. The summed E-state index contributed by atoms with van der Waals surface area (Å²) in [6.45, 7) is 8.63. The summed E-state index contributed by atoms with van der Waals surface area (Å²) in [6.07, 6.45) is 11.9. The maximum Gasteiger partial charge on any atom is -0.0219 e. The van der Waals surface area contributed by atoms with Crippen molar-refractivity contribution in [2.24, 2.45) is 5.92 Å². The zero-order valence-corrected chi connectivity index (χ0v) is 8.67. The highest BCUT2D eigenvalue weighted by Crippen LogP contribution is 2.10. The first-order valence-corrected chi connectivity index (χ1v) is 4.71. The van der Waals surface area contributed by atoms with Crippen molar-refractivity contribution in [3.05, 3.63) is 36.0 Å². The summed E-state index contributed by atoms with van der Waals surface area (Å²) in [5, 5.41) is 0. The van der Waals surface area contributed by atoms with E-state index in [2.05, 4.69) is 58.1 Å². The number of hydrogen-bond donors (Lipinski definition) is 0. The average Bonchev–Trinajstić information content (AvgIpc) is 2.03. The number of hydrogen-bond acceptors (Lipinski definition) is 0. The van der Waals surface area contributed by atoms with Crippen molar-refractivity contribution in [3.8, 4) is 0 Å². The van der Waals surface area contributed by atoms with Gasteiger partial charge in [0.15, 0.2) is 0 Å². The summed E-state index contributed by atoms with van der Waals surface area (Å²) in [7, 11) is 0. The van der Waals surface area contributed by atoms with E-state index in [1.807, 2.05) is 0 Å². The lowest BCUT2D eigenvalue weighted by Gasteiger charge is -2.03. The van der Waals surface area contributed by atoms with Crippen LogP contribution in [0.4, 0.5) is 0 Å². The lowest BCUT2D eigenvalue weighted by molar-refractivity contribution is 0.791. The van der Waals surface area contributed by atoms with E-state index in [1.165, 1.54) is 5.57 Å². The Labute approximate surface area is 76.7 Å².